The highest BCUT2D eigenvalue weighted by Gasteiger charge is 2.10. The van der Waals surface area contributed by atoms with Crippen LogP contribution in [0.2, 0.25) is 5.02 Å². The first kappa shape index (κ1) is 9.49. The molecule has 0 aliphatic rings. The van der Waals surface area contributed by atoms with Crippen LogP contribution in [0.5, 0.6) is 0 Å². The number of rotatable bonds is 3. The molecule has 1 unspecified atom stereocenters. The van der Waals surface area contributed by atoms with Crippen LogP contribution in [0.1, 0.15) is 11.7 Å². The van der Waals surface area contributed by atoms with Gasteiger partial charge in [0.05, 0.1) is 0 Å². The molecular formula is C9H11ClFN. The molecule has 0 saturated carbocycles. The van der Waals surface area contributed by atoms with Gasteiger partial charge in [0.25, 0.3) is 0 Å². The highest BCUT2D eigenvalue weighted by Crippen LogP contribution is 2.24. The number of hydrogen-bond acceptors (Lipinski definition) is 1. The molecule has 1 nitrogen and oxygen atoms in total. The van der Waals surface area contributed by atoms with Gasteiger partial charge in [0.1, 0.15) is 6.17 Å². The molecule has 0 heterocycles. The second-order valence-electron chi connectivity index (χ2n) is 2.55. The van der Waals surface area contributed by atoms with Crippen molar-refractivity contribution in [3.05, 3.63) is 34.9 Å². The summed E-state index contributed by atoms with van der Waals surface area (Å²) in [6, 6.07) is 6.96. The Morgan fingerprint density at radius 1 is 1.50 bits per heavy atom. The average molecular weight is 188 g/mol. The highest BCUT2D eigenvalue weighted by molar-refractivity contribution is 6.31. The zero-order valence-electron chi connectivity index (χ0n) is 6.85. The van der Waals surface area contributed by atoms with Gasteiger partial charge in [-0.3, -0.25) is 0 Å². The first-order valence-corrected chi connectivity index (χ1v) is 4.16. The highest BCUT2D eigenvalue weighted by atomic mass is 35.5. The minimum Gasteiger partial charge on any atom is -0.317 e. The second kappa shape index (κ2) is 4.43. The van der Waals surface area contributed by atoms with Crippen molar-refractivity contribution >= 4 is 11.6 Å². The zero-order chi connectivity index (χ0) is 8.97. The van der Waals surface area contributed by atoms with Crippen LogP contribution >= 0.6 is 11.6 Å². The number of benzene rings is 1. The summed E-state index contributed by atoms with van der Waals surface area (Å²) in [5, 5.41) is 3.25. The molecule has 0 fully saturated rings. The van der Waals surface area contributed by atoms with Crippen molar-refractivity contribution in [2.45, 2.75) is 6.17 Å². The lowest BCUT2D eigenvalue weighted by atomic mass is 10.1. The molecule has 0 aromatic heterocycles. The summed E-state index contributed by atoms with van der Waals surface area (Å²) in [6.07, 6.45) is -1.02. The minimum atomic E-state index is -1.02. The van der Waals surface area contributed by atoms with Crippen LogP contribution in [-0.4, -0.2) is 13.6 Å². The Morgan fingerprint density at radius 3 is 2.75 bits per heavy atom. The van der Waals surface area contributed by atoms with Crippen LogP contribution in [0.25, 0.3) is 0 Å². The Balaban J connectivity index is 2.79. The summed E-state index contributed by atoms with van der Waals surface area (Å²) >= 11 is 5.79. The topological polar surface area (TPSA) is 12.0 Å². The quantitative estimate of drug-likeness (QED) is 0.767. The predicted molar refractivity (Wildman–Crippen MR) is 49.2 cm³/mol. The Labute approximate surface area is 76.5 Å². The summed E-state index contributed by atoms with van der Waals surface area (Å²) < 4.78 is 13.2. The van der Waals surface area contributed by atoms with Crippen molar-refractivity contribution < 1.29 is 4.39 Å². The van der Waals surface area contributed by atoms with E-state index in [1.54, 1.807) is 31.3 Å². The molecule has 1 N–H and O–H groups in total. The van der Waals surface area contributed by atoms with Gasteiger partial charge in [0, 0.05) is 17.1 Å². The monoisotopic (exact) mass is 187 g/mol. The lowest BCUT2D eigenvalue weighted by Crippen LogP contribution is -2.13. The molecule has 1 atom stereocenters. The Morgan fingerprint density at radius 2 is 2.17 bits per heavy atom. The Hall–Kier alpha value is -0.600. The molecule has 12 heavy (non-hydrogen) atoms. The number of hydrogen-bond donors (Lipinski definition) is 1. The predicted octanol–water partition coefficient (Wildman–Crippen LogP) is 2.57. The van der Waals surface area contributed by atoms with Crippen molar-refractivity contribution in [2.75, 3.05) is 13.6 Å². The molecule has 0 spiro atoms. The smallest absolute Gasteiger partial charge is 0.139 e. The van der Waals surface area contributed by atoms with E-state index in [1.165, 1.54) is 0 Å². The summed E-state index contributed by atoms with van der Waals surface area (Å²) in [7, 11) is 1.71. The van der Waals surface area contributed by atoms with E-state index in [4.69, 9.17) is 11.6 Å². The molecule has 3 heteroatoms. The standard InChI is InChI=1S/C9H11ClFN/c1-12-6-9(11)7-4-2-3-5-8(7)10/h2-5,9,12H,6H2,1H3. The molecule has 0 bridgehead atoms. The van der Waals surface area contributed by atoms with Crippen LogP contribution in [0.4, 0.5) is 4.39 Å². The van der Waals surface area contributed by atoms with E-state index < -0.39 is 6.17 Å². The summed E-state index contributed by atoms with van der Waals surface area (Å²) in [5.74, 6) is 0. The number of nitrogens with one attached hydrogen (secondary N) is 1. The molecule has 1 rings (SSSR count). The van der Waals surface area contributed by atoms with Gasteiger partial charge in [-0.25, -0.2) is 4.39 Å². The maximum Gasteiger partial charge on any atom is 0.139 e. The van der Waals surface area contributed by atoms with Gasteiger partial charge in [0.2, 0.25) is 0 Å². The lowest BCUT2D eigenvalue weighted by molar-refractivity contribution is 0.336. The average Bonchev–Trinajstić information content (AvgIpc) is 2.05. The van der Waals surface area contributed by atoms with Crippen LogP contribution in [0, 0.1) is 0 Å². The van der Waals surface area contributed by atoms with Crippen molar-refractivity contribution in [1.29, 1.82) is 0 Å². The Bertz CT molecular complexity index is 252. The van der Waals surface area contributed by atoms with Gasteiger partial charge in [-0.05, 0) is 13.1 Å². The lowest BCUT2D eigenvalue weighted by Gasteiger charge is -2.08. The molecule has 0 aliphatic carbocycles. The SMILES string of the molecule is CNCC(F)c1ccccc1Cl. The first-order chi connectivity index (χ1) is 5.75. The van der Waals surface area contributed by atoms with Crippen LogP contribution < -0.4 is 5.32 Å². The maximum atomic E-state index is 13.2. The van der Waals surface area contributed by atoms with Gasteiger partial charge < -0.3 is 5.32 Å². The van der Waals surface area contributed by atoms with E-state index in [-0.39, 0.29) is 0 Å². The van der Waals surface area contributed by atoms with Gasteiger partial charge in [-0.1, -0.05) is 29.8 Å². The van der Waals surface area contributed by atoms with E-state index in [9.17, 15) is 4.39 Å². The van der Waals surface area contributed by atoms with Crippen molar-refractivity contribution in [1.82, 2.24) is 5.32 Å². The normalized spacial score (nSPS) is 12.9. The van der Waals surface area contributed by atoms with Crippen LogP contribution in [-0.2, 0) is 0 Å². The molecular weight excluding hydrogens is 177 g/mol. The largest absolute Gasteiger partial charge is 0.317 e. The molecule has 1 aromatic carbocycles. The van der Waals surface area contributed by atoms with E-state index >= 15 is 0 Å². The summed E-state index contributed by atoms with van der Waals surface area (Å²) in [4.78, 5) is 0. The molecule has 0 amide bonds. The van der Waals surface area contributed by atoms with Gasteiger partial charge in [-0.15, -0.1) is 0 Å². The van der Waals surface area contributed by atoms with E-state index in [0.717, 1.165) is 0 Å². The molecule has 0 saturated heterocycles. The zero-order valence-corrected chi connectivity index (χ0v) is 7.61. The summed E-state index contributed by atoms with van der Waals surface area (Å²) in [5.41, 5.74) is 0.550. The number of halogens is 2. The second-order valence-corrected chi connectivity index (χ2v) is 2.95. The third kappa shape index (κ3) is 2.19. The van der Waals surface area contributed by atoms with Gasteiger partial charge >= 0.3 is 0 Å². The van der Waals surface area contributed by atoms with Gasteiger partial charge in [-0.2, -0.15) is 0 Å². The van der Waals surface area contributed by atoms with Crippen LogP contribution in [0.15, 0.2) is 24.3 Å². The fourth-order valence-electron chi connectivity index (χ4n) is 1.02. The maximum absolute atomic E-state index is 13.2. The molecule has 0 radical (unpaired) electrons. The van der Waals surface area contributed by atoms with Gasteiger partial charge in [0.15, 0.2) is 0 Å². The van der Waals surface area contributed by atoms with Crippen molar-refractivity contribution in [3.63, 3.8) is 0 Å². The fraction of sp³-hybridized carbons (Fsp3) is 0.333. The fourth-order valence-corrected chi connectivity index (χ4v) is 1.27. The van der Waals surface area contributed by atoms with Crippen molar-refractivity contribution in [3.8, 4) is 0 Å². The molecule has 0 aliphatic heterocycles. The minimum absolute atomic E-state index is 0.295. The first-order valence-electron chi connectivity index (χ1n) is 3.79. The molecule has 66 valence electrons. The van der Waals surface area contributed by atoms with Crippen LogP contribution in [0.3, 0.4) is 0 Å². The third-order valence-electron chi connectivity index (χ3n) is 1.63. The van der Waals surface area contributed by atoms with E-state index in [0.29, 0.717) is 17.1 Å². The van der Waals surface area contributed by atoms with E-state index in [2.05, 4.69) is 5.32 Å². The van der Waals surface area contributed by atoms with E-state index in [1.807, 2.05) is 0 Å². The van der Waals surface area contributed by atoms with Crippen molar-refractivity contribution in [2.24, 2.45) is 0 Å². The third-order valence-corrected chi connectivity index (χ3v) is 1.97. The number of alkyl halides is 1. The number of likely N-dealkylation sites (N-methyl/N-ethyl adjacent to an activating group) is 1. The Kier molecular flexibility index (Phi) is 3.50. The summed E-state index contributed by atoms with van der Waals surface area (Å²) in [6.45, 7) is 0.295. The molecule has 1 aromatic rings.